The van der Waals surface area contributed by atoms with E-state index < -0.39 is 34.6 Å². The van der Waals surface area contributed by atoms with Crippen LogP contribution in [-0.2, 0) is 30.5 Å². The normalized spacial score (nSPS) is 12.2. The fourth-order valence-electron chi connectivity index (χ4n) is 1.68. The lowest BCUT2D eigenvalue weighted by Gasteiger charge is -2.20. The second-order valence-electron chi connectivity index (χ2n) is 5.91. The van der Waals surface area contributed by atoms with Crippen LogP contribution in [-0.4, -0.2) is 23.3 Å². The van der Waals surface area contributed by atoms with Gasteiger partial charge in [-0.3, -0.25) is 4.79 Å². The summed E-state index contributed by atoms with van der Waals surface area (Å²) in [6, 6.07) is 8.96. The highest BCUT2D eigenvalue weighted by Crippen LogP contribution is 2.14. The summed E-state index contributed by atoms with van der Waals surface area (Å²) in [4.78, 5) is 35.6. The van der Waals surface area contributed by atoms with Gasteiger partial charge in [-0.15, -0.1) is 0 Å². The van der Waals surface area contributed by atoms with Crippen LogP contribution >= 0.6 is 0 Å². The van der Waals surface area contributed by atoms with E-state index in [0.29, 0.717) is 0 Å². The molecule has 0 heterocycles. The zero-order valence-electron chi connectivity index (χ0n) is 13.7. The Kier molecular flexibility index (Phi) is 6.07. The van der Waals surface area contributed by atoms with Crippen molar-refractivity contribution >= 4 is 17.7 Å². The van der Waals surface area contributed by atoms with E-state index in [-0.39, 0.29) is 6.61 Å². The van der Waals surface area contributed by atoms with Gasteiger partial charge < -0.3 is 15.2 Å². The van der Waals surface area contributed by atoms with Crippen LogP contribution in [0.2, 0.25) is 0 Å². The van der Waals surface area contributed by atoms with Gasteiger partial charge >= 0.3 is 11.9 Å². The van der Waals surface area contributed by atoms with Gasteiger partial charge in [0.15, 0.2) is 5.78 Å². The van der Waals surface area contributed by atoms with Gasteiger partial charge in [0.05, 0.1) is 0 Å². The molecule has 0 aliphatic rings. The molecule has 0 aliphatic heterocycles. The zero-order valence-corrected chi connectivity index (χ0v) is 13.7. The minimum absolute atomic E-state index is 0.0140. The van der Waals surface area contributed by atoms with Crippen LogP contribution in [0.3, 0.4) is 0 Å². The van der Waals surface area contributed by atoms with Gasteiger partial charge in [0.2, 0.25) is 0 Å². The molecule has 6 heteroatoms. The maximum atomic E-state index is 12.0. The first kappa shape index (κ1) is 18.4. The van der Waals surface area contributed by atoms with E-state index in [9.17, 15) is 14.4 Å². The number of nitrogens with two attached hydrogens (primary N) is 1. The highest BCUT2D eigenvalue weighted by Gasteiger charge is 2.28. The average Bonchev–Trinajstić information content (AvgIpc) is 2.43. The first-order chi connectivity index (χ1) is 10.6. The average molecular weight is 319 g/mol. The molecule has 0 radical (unpaired) electrons. The predicted molar refractivity (Wildman–Crippen MR) is 84.0 cm³/mol. The van der Waals surface area contributed by atoms with Crippen molar-refractivity contribution in [3.63, 3.8) is 0 Å². The van der Waals surface area contributed by atoms with Crippen LogP contribution in [0.4, 0.5) is 0 Å². The van der Waals surface area contributed by atoms with Crippen molar-refractivity contribution in [2.24, 2.45) is 5.73 Å². The Morgan fingerprint density at radius 3 is 2.09 bits per heavy atom. The highest BCUT2D eigenvalue weighted by atomic mass is 16.6. The molecule has 0 saturated heterocycles. The number of esters is 2. The Hall–Kier alpha value is -2.63. The van der Waals surface area contributed by atoms with Crippen LogP contribution in [0.25, 0.3) is 0 Å². The molecule has 0 saturated carbocycles. The molecule has 1 rings (SSSR count). The van der Waals surface area contributed by atoms with E-state index in [4.69, 9.17) is 15.2 Å². The molecule has 0 unspecified atom stereocenters. The van der Waals surface area contributed by atoms with Crippen molar-refractivity contribution in [2.45, 2.75) is 39.9 Å². The lowest BCUT2D eigenvalue weighted by atomic mass is 10.1. The van der Waals surface area contributed by atoms with Crippen molar-refractivity contribution in [3.05, 3.63) is 47.2 Å². The Labute approximate surface area is 135 Å². The summed E-state index contributed by atoms with van der Waals surface area (Å²) in [5.41, 5.74) is 4.52. The maximum absolute atomic E-state index is 12.0. The van der Waals surface area contributed by atoms with E-state index in [1.54, 1.807) is 45.0 Å². The lowest BCUT2D eigenvalue weighted by Crippen LogP contribution is -2.30. The number of ether oxygens (including phenoxy) is 2. The van der Waals surface area contributed by atoms with Gasteiger partial charge in [-0.05, 0) is 33.3 Å². The quantitative estimate of drug-likeness (QED) is 0.385. The third-order valence-corrected chi connectivity index (χ3v) is 2.66. The fraction of sp³-hybridized carbons (Fsp3) is 0.353. The van der Waals surface area contributed by atoms with Crippen molar-refractivity contribution in [3.8, 4) is 0 Å². The van der Waals surface area contributed by atoms with Gasteiger partial charge in [0, 0.05) is 0 Å². The van der Waals surface area contributed by atoms with E-state index in [2.05, 4.69) is 0 Å². The second-order valence-corrected chi connectivity index (χ2v) is 5.91. The molecule has 0 atom stereocenters. The van der Waals surface area contributed by atoms with E-state index in [1.807, 2.05) is 6.07 Å². The van der Waals surface area contributed by atoms with Gasteiger partial charge in [-0.25, -0.2) is 9.59 Å². The van der Waals surface area contributed by atoms with Crippen molar-refractivity contribution in [1.82, 2.24) is 0 Å². The molecule has 1 aromatic rings. The molecule has 0 amide bonds. The van der Waals surface area contributed by atoms with Gasteiger partial charge in [-0.2, -0.15) is 0 Å². The zero-order chi connectivity index (χ0) is 17.6. The molecule has 0 aromatic heterocycles. The third kappa shape index (κ3) is 5.94. The largest absolute Gasteiger partial charge is 0.456 e. The molecule has 0 fully saturated rings. The summed E-state index contributed by atoms with van der Waals surface area (Å²) in [6.07, 6.45) is 0. The van der Waals surface area contributed by atoms with Crippen molar-refractivity contribution < 1.29 is 23.9 Å². The lowest BCUT2D eigenvalue weighted by molar-refractivity contribution is -0.152. The third-order valence-electron chi connectivity index (χ3n) is 2.66. The Balaban J connectivity index is 2.90. The summed E-state index contributed by atoms with van der Waals surface area (Å²) in [5, 5.41) is 0. The molecule has 0 spiro atoms. The fourth-order valence-corrected chi connectivity index (χ4v) is 1.68. The first-order valence-corrected chi connectivity index (χ1v) is 7.07. The molecule has 0 bridgehead atoms. The summed E-state index contributed by atoms with van der Waals surface area (Å²) < 4.78 is 10.1. The number of ketones is 1. The van der Waals surface area contributed by atoms with Crippen LogP contribution in [0.5, 0.6) is 0 Å². The van der Waals surface area contributed by atoms with E-state index >= 15 is 0 Å². The van der Waals surface area contributed by atoms with Crippen LogP contribution < -0.4 is 5.73 Å². The standard InChI is InChI=1S/C17H21NO5/c1-11(19)13(15(20)23-17(2,3)4)14(18)16(21)22-10-12-8-6-5-7-9-12/h5-9H,10,18H2,1-4H3/b14-13+. The van der Waals surface area contributed by atoms with Crippen molar-refractivity contribution in [2.75, 3.05) is 0 Å². The molecule has 124 valence electrons. The van der Waals surface area contributed by atoms with Gasteiger partial charge in [0.25, 0.3) is 0 Å². The van der Waals surface area contributed by atoms with Gasteiger partial charge in [0.1, 0.15) is 23.5 Å². The smallest absolute Gasteiger partial charge is 0.355 e. The number of carbonyl (C=O) groups is 3. The molecule has 2 N–H and O–H groups in total. The molecule has 1 aromatic carbocycles. The molecular weight excluding hydrogens is 298 g/mol. The molecular formula is C17H21NO5. The molecule has 23 heavy (non-hydrogen) atoms. The number of Topliss-reactive ketones (excluding diaryl/α,β-unsaturated/α-hetero) is 1. The number of hydrogen-bond acceptors (Lipinski definition) is 6. The Morgan fingerprint density at radius 1 is 1.04 bits per heavy atom. The minimum Gasteiger partial charge on any atom is -0.456 e. The summed E-state index contributed by atoms with van der Waals surface area (Å²) in [6.45, 7) is 6.06. The topological polar surface area (TPSA) is 95.7 Å². The second kappa shape index (κ2) is 7.58. The monoisotopic (exact) mass is 319 g/mol. The first-order valence-electron chi connectivity index (χ1n) is 7.07. The van der Waals surface area contributed by atoms with Crippen LogP contribution in [0.1, 0.15) is 33.3 Å². The summed E-state index contributed by atoms with van der Waals surface area (Å²) in [5.74, 6) is -2.54. The highest BCUT2D eigenvalue weighted by molar-refractivity contribution is 6.20. The minimum atomic E-state index is -0.945. The molecule has 0 aliphatic carbocycles. The SMILES string of the molecule is CC(=O)/C(C(=O)OC(C)(C)C)=C(\N)C(=O)OCc1ccccc1. The van der Waals surface area contributed by atoms with Crippen molar-refractivity contribution in [1.29, 1.82) is 0 Å². The Bertz CT molecular complexity index is 626. The molecule has 6 nitrogen and oxygen atoms in total. The van der Waals surface area contributed by atoms with Gasteiger partial charge in [-0.1, -0.05) is 30.3 Å². The number of benzene rings is 1. The summed E-state index contributed by atoms with van der Waals surface area (Å²) >= 11 is 0. The van der Waals surface area contributed by atoms with Crippen LogP contribution in [0, 0.1) is 0 Å². The summed E-state index contributed by atoms with van der Waals surface area (Å²) in [7, 11) is 0. The number of carbonyl (C=O) groups excluding carboxylic acids is 3. The number of hydrogen-bond donors (Lipinski definition) is 1. The maximum Gasteiger partial charge on any atom is 0.355 e. The predicted octanol–water partition coefficient (Wildman–Crippen LogP) is 1.87. The van der Waals surface area contributed by atoms with E-state index in [1.165, 1.54) is 0 Å². The van der Waals surface area contributed by atoms with Crippen LogP contribution in [0.15, 0.2) is 41.6 Å². The number of rotatable bonds is 5. The van der Waals surface area contributed by atoms with E-state index in [0.717, 1.165) is 12.5 Å². The Morgan fingerprint density at radius 2 is 1.61 bits per heavy atom.